The van der Waals surface area contributed by atoms with Crippen molar-refractivity contribution in [3.8, 4) is 11.5 Å². The molecule has 0 saturated heterocycles. The van der Waals surface area contributed by atoms with E-state index in [2.05, 4.69) is 26.8 Å². The first kappa shape index (κ1) is 14.4. The molecule has 2 saturated carbocycles. The van der Waals surface area contributed by atoms with E-state index >= 15 is 0 Å². The number of imidazole rings is 1. The highest BCUT2D eigenvalue weighted by Gasteiger charge is 2.41. The van der Waals surface area contributed by atoms with Crippen LogP contribution in [0.2, 0.25) is 0 Å². The molecule has 2 aromatic heterocycles. The minimum atomic E-state index is 0.190. The first-order valence-electron chi connectivity index (χ1n) is 8.32. The van der Waals surface area contributed by atoms with Gasteiger partial charge in [-0.15, -0.1) is 0 Å². The van der Waals surface area contributed by atoms with Crippen molar-refractivity contribution in [3.63, 3.8) is 0 Å². The summed E-state index contributed by atoms with van der Waals surface area (Å²) < 4.78 is 1.88. The molecule has 0 aromatic carbocycles. The molecule has 0 spiro atoms. The summed E-state index contributed by atoms with van der Waals surface area (Å²) in [5, 5.41) is 0. The minimum Gasteiger partial charge on any atom is -0.335 e. The van der Waals surface area contributed by atoms with Gasteiger partial charge in [-0.05, 0) is 38.5 Å². The first-order chi connectivity index (χ1) is 11.2. The molecule has 120 valence electrons. The number of hydrogen-bond donors (Lipinski definition) is 0. The van der Waals surface area contributed by atoms with Gasteiger partial charge >= 0.3 is 0 Å². The van der Waals surface area contributed by atoms with E-state index in [4.69, 9.17) is 0 Å². The van der Waals surface area contributed by atoms with Gasteiger partial charge < -0.3 is 9.47 Å². The highest BCUT2D eigenvalue weighted by atomic mass is 16.2. The van der Waals surface area contributed by atoms with E-state index in [0.29, 0.717) is 36.1 Å². The predicted molar refractivity (Wildman–Crippen MR) is 85.3 cm³/mol. The van der Waals surface area contributed by atoms with Gasteiger partial charge in [0.15, 0.2) is 5.82 Å². The largest absolute Gasteiger partial charge is 0.335 e. The summed E-state index contributed by atoms with van der Waals surface area (Å²) in [6, 6.07) is 0.806. The average Bonchev–Trinajstić information content (AvgIpc) is 3.47. The number of nitrogens with zero attached hydrogens (tertiary/aromatic N) is 5. The van der Waals surface area contributed by atoms with E-state index in [1.807, 2.05) is 10.8 Å². The van der Waals surface area contributed by atoms with Gasteiger partial charge in [0.1, 0.15) is 12.2 Å². The molecule has 6 nitrogen and oxygen atoms in total. The van der Waals surface area contributed by atoms with Crippen LogP contribution in [0.5, 0.6) is 0 Å². The Morgan fingerprint density at radius 1 is 1.26 bits per heavy atom. The fraction of sp³-hybridized carbons (Fsp3) is 0.529. The maximum atomic E-state index is 12.9. The summed E-state index contributed by atoms with van der Waals surface area (Å²) in [6.07, 6.45) is 13.3. The van der Waals surface area contributed by atoms with Crippen molar-refractivity contribution in [3.05, 3.63) is 31.0 Å². The Bertz CT molecular complexity index is 690. The Balaban J connectivity index is 1.53. The Labute approximate surface area is 135 Å². The molecule has 6 heteroatoms. The van der Waals surface area contributed by atoms with Crippen LogP contribution in [0.15, 0.2) is 31.0 Å². The Kier molecular flexibility index (Phi) is 3.59. The fourth-order valence-corrected chi connectivity index (χ4v) is 3.23. The zero-order valence-electron chi connectivity index (χ0n) is 13.3. The Morgan fingerprint density at radius 3 is 2.74 bits per heavy atom. The molecule has 0 unspecified atom stereocenters. The highest BCUT2D eigenvalue weighted by Crippen LogP contribution is 2.39. The fourth-order valence-electron chi connectivity index (χ4n) is 3.23. The second-order valence-corrected chi connectivity index (χ2v) is 6.58. The van der Waals surface area contributed by atoms with Crippen LogP contribution in [0.1, 0.15) is 32.6 Å². The van der Waals surface area contributed by atoms with E-state index in [9.17, 15) is 4.79 Å². The van der Waals surface area contributed by atoms with Gasteiger partial charge in [0.2, 0.25) is 5.91 Å². The molecule has 2 aromatic rings. The van der Waals surface area contributed by atoms with Crippen molar-refractivity contribution in [2.24, 2.45) is 5.92 Å². The summed E-state index contributed by atoms with van der Waals surface area (Å²) in [4.78, 5) is 27.7. The number of carbonyl (C=O) groups excluding carboxylic acids is 1. The molecule has 1 atom stereocenters. The molecule has 0 radical (unpaired) electrons. The molecule has 2 aliphatic carbocycles. The van der Waals surface area contributed by atoms with Crippen LogP contribution in [0.25, 0.3) is 11.5 Å². The smallest absolute Gasteiger partial charge is 0.243 e. The van der Waals surface area contributed by atoms with Gasteiger partial charge in [0, 0.05) is 36.9 Å². The molecule has 1 amide bonds. The monoisotopic (exact) mass is 311 g/mol. The van der Waals surface area contributed by atoms with Crippen molar-refractivity contribution < 1.29 is 4.79 Å². The van der Waals surface area contributed by atoms with Crippen LogP contribution in [0.3, 0.4) is 0 Å². The van der Waals surface area contributed by atoms with Crippen LogP contribution < -0.4 is 0 Å². The SMILES string of the molecule is C[C@@H](C1CC1)N(C(=O)Cn1ccnc1-c1cnccn1)C1CC1. The van der Waals surface area contributed by atoms with E-state index in [1.54, 1.807) is 24.8 Å². The molecule has 0 aliphatic heterocycles. The second kappa shape index (κ2) is 5.76. The van der Waals surface area contributed by atoms with Crippen molar-refractivity contribution in [2.75, 3.05) is 0 Å². The van der Waals surface area contributed by atoms with Crippen LogP contribution in [-0.2, 0) is 11.3 Å². The average molecular weight is 311 g/mol. The minimum absolute atomic E-state index is 0.190. The summed E-state index contributed by atoms with van der Waals surface area (Å²) in [5.74, 6) is 1.58. The topological polar surface area (TPSA) is 63.9 Å². The maximum Gasteiger partial charge on any atom is 0.243 e. The Hall–Kier alpha value is -2.24. The molecular weight excluding hydrogens is 290 g/mol. The second-order valence-electron chi connectivity index (χ2n) is 6.58. The molecule has 0 bridgehead atoms. The van der Waals surface area contributed by atoms with E-state index in [-0.39, 0.29) is 5.91 Å². The van der Waals surface area contributed by atoms with Gasteiger partial charge in [0.05, 0.1) is 6.20 Å². The number of aromatic nitrogens is 4. The van der Waals surface area contributed by atoms with Gasteiger partial charge in [-0.3, -0.25) is 9.78 Å². The van der Waals surface area contributed by atoms with Gasteiger partial charge in [0.25, 0.3) is 0 Å². The van der Waals surface area contributed by atoms with Crippen molar-refractivity contribution in [1.82, 2.24) is 24.4 Å². The normalized spacial score (nSPS) is 18.7. The zero-order valence-corrected chi connectivity index (χ0v) is 13.3. The number of hydrogen-bond acceptors (Lipinski definition) is 4. The third kappa shape index (κ3) is 2.98. The van der Waals surface area contributed by atoms with E-state index in [1.165, 1.54) is 12.8 Å². The molecule has 2 fully saturated rings. The molecule has 4 rings (SSSR count). The van der Waals surface area contributed by atoms with E-state index in [0.717, 1.165) is 12.8 Å². The molecule has 23 heavy (non-hydrogen) atoms. The summed E-state index contributed by atoms with van der Waals surface area (Å²) in [6.45, 7) is 2.52. The quantitative estimate of drug-likeness (QED) is 0.820. The lowest BCUT2D eigenvalue weighted by Gasteiger charge is -2.30. The Morgan fingerprint density at radius 2 is 2.09 bits per heavy atom. The zero-order chi connectivity index (χ0) is 15.8. The van der Waals surface area contributed by atoms with Crippen LogP contribution in [-0.4, -0.2) is 42.4 Å². The maximum absolute atomic E-state index is 12.9. The van der Waals surface area contributed by atoms with Gasteiger partial charge in [-0.1, -0.05) is 0 Å². The van der Waals surface area contributed by atoms with E-state index < -0.39 is 0 Å². The molecular formula is C17H21N5O. The third-order valence-electron chi connectivity index (χ3n) is 4.78. The lowest BCUT2D eigenvalue weighted by molar-refractivity contribution is -0.135. The van der Waals surface area contributed by atoms with Crippen molar-refractivity contribution in [2.45, 2.75) is 51.2 Å². The number of amides is 1. The van der Waals surface area contributed by atoms with Crippen LogP contribution >= 0.6 is 0 Å². The van der Waals surface area contributed by atoms with Crippen LogP contribution in [0, 0.1) is 5.92 Å². The molecule has 0 N–H and O–H groups in total. The van der Waals surface area contributed by atoms with Gasteiger partial charge in [-0.25, -0.2) is 9.97 Å². The number of carbonyl (C=O) groups is 1. The summed E-state index contributed by atoms with van der Waals surface area (Å²) in [7, 11) is 0. The van der Waals surface area contributed by atoms with Crippen molar-refractivity contribution in [1.29, 1.82) is 0 Å². The van der Waals surface area contributed by atoms with Gasteiger partial charge in [-0.2, -0.15) is 0 Å². The predicted octanol–water partition coefficient (Wildman–Crippen LogP) is 2.13. The standard InChI is InChI=1S/C17H21N5O/c1-12(13-2-3-13)22(14-4-5-14)16(23)11-21-9-8-20-17(21)15-10-18-6-7-19-15/h6-10,12-14H,2-5,11H2,1H3/t12-/m0/s1. The summed E-state index contributed by atoms with van der Waals surface area (Å²) >= 11 is 0. The lowest BCUT2D eigenvalue weighted by atomic mass is 10.1. The summed E-state index contributed by atoms with van der Waals surface area (Å²) in [5.41, 5.74) is 0.693. The number of rotatable bonds is 6. The van der Waals surface area contributed by atoms with Crippen molar-refractivity contribution >= 4 is 5.91 Å². The third-order valence-corrected chi connectivity index (χ3v) is 4.78. The van der Waals surface area contributed by atoms with Crippen LogP contribution in [0.4, 0.5) is 0 Å². The molecule has 2 heterocycles. The first-order valence-corrected chi connectivity index (χ1v) is 8.32. The molecule has 2 aliphatic rings. The highest BCUT2D eigenvalue weighted by molar-refractivity contribution is 5.77. The lowest BCUT2D eigenvalue weighted by Crippen LogP contribution is -2.43.